The van der Waals surface area contributed by atoms with Crippen molar-refractivity contribution in [2.75, 3.05) is 19.0 Å². The summed E-state index contributed by atoms with van der Waals surface area (Å²) < 4.78 is 9.90. The van der Waals surface area contributed by atoms with Gasteiger partial charge in [-0.05, 0) is 20.8 Å². The van der Waals surface area contributed by atoms with Crippen LogP contribution in [0.4, 0.5) is 5.13 Å². The Kier molecular flexibility index (Phi) is 6.48. The molecule has 0 aliphatic heterocycles. The van der Waals surface area contributed by atoms with Gasteiger partial charge in [-0.15, -0.1) is 0 Å². The molecular formula is C14H20N2O5S. The molecule has 0 aliphatic carbocycles. The molecule has 0 fully saturated rings. The van der Waals surface area contributed by atoms with E-state index in [4.69, 9.17) is 9.47 Å². The number of esters is 2. The van der Waals surface area contributed by atoms with Crippen LogP contribution >= 0.6 is 11.3 Å². The van der Waals surface area contributed by atoms with Gasteiger partial charge in [0, 0.05) is 6.54 Å². The third-order valence-corrected chi connectivity index (χ3v) is 3.39. The number of hydrogen-bond acceptors (Lipinski definition) is 8. The van der Waals surface area contributed by atoms with Crippen LogP contribution in [0.15, 0.2) is 6.20 Å². The lowest BCUT2D eigenvalue weighted by Gasteiger charge is -2.21. The van der Waals surface area contributed by atoms with E-state index in [1.165, 1.54) is 13.3 Å². The van der Waals surface area contributed by atoms with Crippen LogP contribution in [-0.2, 0) is 19.1 Å². The molecule has 0 spiro atoms. The summed E-state index contributed by atoms with van der Waals surface area (Å²) in [5, 5.41) is 3.42. The molecule has 1 aromatic heterocycles. The quantitative estimate of drug-likeness (QED) is 0.603. The van der Waals surface area contributed by atoms with E-state index >= 15 is 0 Å². The van der Waals surface area contributed by atoms with Crippen molar-refractivity contribution in [3.63, 3.8) is 0 Å². The van der Waals surface area contributed by atoms with Crippen molar-refractivity contribution in [1.29, 1.82) is 0 Å². The minimum Gasteiger partial charge on any atom is -0.469 e. The summed E-state index contributed by atoms with van der Waals surface area (Å²) in [5.74, 6) is -1.67. The van der Waals surface area contributed by atoms with E-state index in [0.717, 1.165) is 11.3 Å². The summed E-state index contributed by atoms with van der Waals surface area (Å²) >= 11 is 1.16. The van der Waals surface area contributed by atoms with E-state index in [0.29, 0.717) is 16.3 Å². The van der Waals surface area contributed by atoms with Crippen molar-refractivity contribution < 1.29 is 23.9 Å². The molecule has 0 aliphatic rings. The largest absolute Gasteiger partial charge is 0.469 e. The number of anilines is 1. The number of nitrogens with zero attached hydrogens (tertiary/aromatic N) is 1. The maximum absolute atomic E-state index is 11.8. The number of carbonyl (C=O) groups excluding carboxylic acids is 3. The SMILES string of the molecule is COC(=O)[C@H](CNc1ncc(C=O)s1)CC(=O)OC(C)(C)C. The Balaban J connectivity index is 2.62. The number of ether oxygens (including phenoxy) is 2. The molecule has 7 nitrogen and oxygen atoms in total. The number of aromatic nitrogens is 1. The van der Waals surface area contributed by atoms with Gasteiger partial charge >= 0.3 is 11.9 Å². The lowest BCUT2D eigenvalue weighted by Crippen LogP contribution is -2.31. The first-order valence-electron chi connectivity index (χ1n) is 6.69. The van der Waals surface area contributed by atoms with Crippen LogP contribution in [0.3, 0.4) is 0 Å². The van der Waals surface area contributed by atoms with Crippen LogP contribution in [0.5, 0.6) is 0 Å². The highest BCUT2D eigenvalue weighted by Gasteiger charge is 2.26. The maximum atomic E-state index is 11.8. The monoisotopic (exact) mass is 328 g/mol. The summed E-state index contributed by atoms with van der Waals surface area (Å²) in [6.07, 6.45) is 2.03. The van der Waals surface area contributed by atoms with Crippen molar-refractivity contribution in [2.24, 2.45) is 5.92 Å². The molecule has 0 unspecified atom stereocenters. The predicted octanol–water partition coefficient (Wildman–Crippen LogP) is 1.89. The van der Waals surface area contributed by atoms with E-state index in [-0.39, 0.29) is 13.0 Å². The molecule has 0 aromatic carbocycles. The highest BCUT2D eigenvalue weighted by atomic mass is 32.1. The number of thiazole rings is 1. The molecule has 1 heterocycles. The summed E-state index contributed by atoms with van der Waals surface area (Å²) in [6, 6.07) is 0. The molecule has 0 saturated heterocycles. The molecule has 1 N–H and O–H groups in total. The second kappa shape index (κ2) is 7.88. The molecule has 1 aromatic rings. The van der Waals surface area contributed by atoms with Crippen LogP contribution in [0.1, 0.15) is 36.9 Å². The zero-order valence-electron chi connectivity index (χ0n) is 13.0. The average molecular weight is 328 g/mol. The zero-order valence-corrected chi connectivity index (χ0v) is 13.9. The van der Waals surface area contributed by atoms with Gasteiger partial charge in [0.05, 0.1) is 30.5 Å². The molecule has 0 bridgehead atoms. The zero-order chi connectivity index (χ0) is 16.8. The fraction of sp³-hybridized carbons (Fsp3) is 0.571. The number of rotatable bonds is 7. The Labute approximate surface area is 133 Å². The number of carbonyl (C=O) groups is 3. The second-order valence-electron chi connectivity index (χ2n) is 5.58. The summed E-state index contributed by atoms with van der Waals surface area (Å²) in [6.45, 7) is 5.43. The molecule has 1 rings (SSSR count). The van der Waals surface area contributed by atoms with Gasteiger partial charge in [-0.25, -0.2) is 4.98 Å². The summed E-state index contributed by atoms with van der Waals surface area (Å²) in [5.41, 5.74) is -0.612. The highest BCUT2D eigenvalue weighted by molar-refractivity contribution is 7.17. The van der Waals surface area contributed by atoms with Crippen LogP contribution in [0.25, 0.3) is 0 Å². The first-order valence-corrected chi connectivity index (χ1v) is 7.51. The minimum absolute atomic E-state index is 0.0944. The maximum Gasteiger partial charge on any atom is 0.311 e. The van der Waals surface area contributed by atoms with E-state index in [1.54, 1.807) is 20.8 Å². The van der Waals surface area contributed by atoms with Crippen LogP contribution in [0.2, 0.25) is 0 Å². The Morgan fingerprint density at radius 2 is 2.14 bits per heavy atom. The second-order valence-corrected chi connectivity index (χ2v) is 6.64. The summed E-state index contributed by atoms with van der Waals surface area (Å²) in [7, 11) is 1.26. The average Bonchev–Trinajstić information content (AvgIpc) is 2.88. The fourth-order valence-electron chi connectivity index (χ4n) is 1.62. The first-order chi connectivity index (χ1) is 10.2. The van der Waals surface area contributed by atoms with Crippen molar-refractivity contribution in [3.8, 4) is 0 Å². The van der Waals surface area contributed by atoms with Gasteiger partial charge in [-0.1, -0.05) is 11.3 Å². The molecular weight excluding hydrogens is 308 g/mol. The molecule has 1 atom stereocenters. The van der Waals surface area contributed by atoms with Gasteiger partial charge in [0.25, 0.3) is 0 Å². The van der Waals surface area contributed by atoms with Gasteiger partial charge < -0.3 is 14.8 Å². The number of methoxy groups -OCH3 is 1. The van der Waals surface area contributed by atoms with E-state index in [9.17, 15) is 14.4 Å². The lowest BCUT2D eigenvalue weighted by atomic mass is 10.1. The van der Waals surface area contributed by atoms with Crippen LogP contribution in [-0.4, -0.2) is 42.5 Å². The van der Waals surface area contributed by atoms with E-state index in [1.807, 2.05) is 0 Å². The van der Waals surface area contributed by atoms with Gasteiger partial charge in [0.2, 0.25) is 0 Å². The Morgan fingerprint density at radius 1 is 1.45 bits per heavy atom. The van der Waals surface area contributed by atoms with Crippen molar-refractivity contribution in [2.45, 2.75) is 32.8 Å². The number of nitrogens with one attached hydrogen (secondary N) is 1. The van der Waals surface area contributed by atoms with E-state index in [2.05, 4.69) is 10.3 Å². The third kappa shape index (κ3) is 6.21. The molecule has 22 heavy (non-hydrogen) atoms. The molecule has 8 heteroatoms. The first kappa shape index (κ1) is 18.1. The van der Waals surface area contributed by atoms with Crippen molar-refractivity contribution >= 4 is 34.7 Å². The topological polar surface area (TPSA) is 94.6 Å². The van der Waals surface area contributed by atoms with Crippen LogP contribution in [0, 0.1) is 5.92 Å². The summed E-state index contributed by atoms with van der Waals surface area (Å²) in [4.78, 5) is 38.7. The molecule has 0 saturated carbocycles. The molecule has 0 radical (unpaired) electrons. The standard InChI is InChI=1S/C14H20N2O5S/c1-14(2,3)21-11(18)5-9(12(19)20-4)6-15-13-16-7-10(8-17)22-13/h7-9H,5-6H2,1-4H3,(H,15,16)/t9-/m0/s1. The lowest BCUT2D eigenvalue weighted by molar-refractivity contribution is -0.160. The van der Waals surface area contributed by atoms with Crippen molar-refractivity contribution in [1.82, 2.24) is 4.98 Å². The van der Waals surface area contributed by atoms with Gasteiger partial charge in [0.15, 0.2) is 11.4 Å². The smallest absolute Gasteiger partial charge is 0.311 e. The Morgan fingerprint density at radius 3 is 2.64 bits per heavy atom. The van der Waals surface area contributed by atoms with E-state index < -0.39 is 23.5 Å². The fourth-order valence-corrected chi connectivity index (χ4v) is 2.26. The normalized spacial score (nSPS) is 12.4. The molecule has 0 amide bonds. The van der Waals surface area contributed by atoms with Gasteiger partial charge in [0.1, 0.15) is 5.60 Å². The predicted molar refractivity (Wildman–Crippen MR) is 82.0 cm³/mol. The van der Waals surface area contributed by atoms with Crippen molar-refractivity contribution in [3.05, 3.63) is 11.1 Å². The molecule has 122 valence electrons. The Bertz CT molecular complexity index is 536. The van der Waals surface area contributed by atoms with Gasteiger partial charge in [-0.3, -0.25) is 14.4 Å². The van der Waals surface area contributed by atoms with Crippen LogP contribution < -0.4 is 5.32 Å². The minimum atomic E-state index is -0.691. The Hall–Kier alpha value is -1.96. The van der Waals surface area contributed by atoms with Gasteiger partial charge in [-0.2, -0.15) is 0 Å². The highest BCUT2D eigenvalue weighted by Crippen LogP contribution is 2.18. The third-order valence-electron chi connectivity index (χ3n) is 2.51. The number of aldehydes is 1. The number of hydrogen-bond donors (Lipinski definition) is 1.